The van der Waals surface area contributed by atoms with Crippen LogP contribution in [0.2, 0.25) is 0 Å². The zero-order valence-electron chi connectivity index (χ0n) is 13.8. The van der Waals surface area contributed by atoms with E-state index in [-0.39, 0.29) is 18.3 Å². The maximum Gasteiger partial charge on any atom is 0.319 e. The topological polar surface area (TPSA) is 50.2 Å². The van der Waals surface area contributed by atoms with E-state index in [0.717, 1.165) is 10.1 Å². The zero-order valence-corrected chi connectivity index (χ0v) is 13.8. The molecule has 0 bridgehead atoms. The lowest BCUT2D eigenvalue weighted by Crippen LogP contribution is -2.42. The van der Waals surface area contributed by atoms with Crippen molar-refractivity contribution in [1.29, 1.82) is 0 Å². The normalized spacial score (nSPS) is 12.2. The highest BCUT2D eigenvalue weighted by Gasteiger charge is 2.21. The van der Waals surface area contributed by atoms with E-state index in [1.807, 2.05) is 44.2 Å². The summed E-state index contributed by atoms with van der Waals surface area (Å²) in [4.78, 5) is 18.0. The lowest BCUT2D eigenvalue weighted by molar-refractivity contribution is 0.0666. The Bertz CT molecular complexity index is 641. The molecule has 24 heavy (non-hydrogen) atoms. The van der Waals surface area contributed by atoms with E-state index in [1.54, 1.807) is 4.90 Å². The van der Waals surface area contributed by atoms with Crippen LogP contribution in [0.5, 0.6) is 0 Å². The summed E-state index contributed by atoms with van der Waals surface area (Å²) in [5.41, 5.74) is 0.849. The molecule has 130 valence electrons. The summed E-state index contributed by atoms with van der Waals surface area (Å²) < 4.78 is 26.9. The number of nitrogens with zero attached hydrogens (tertiary/aromatic N) is 3. The van der Waals surface area contributed by atoms with Crippen LogP contribution in [0.1, 0.15) is 37.8 Å². The third-order valence-electron chi connectivity index (χ3n) is 3.90. The average Bonchev–Trinajstić information content (AvgIpc) is 3.04. The van der Waals surface area contributed by atoms with Gasteiger partial charge in [-0.3, -0.25) is 4.57 Å². The molecule has 0 aliphatic rings. The highest BCUT2D eigenvalue weighted by molar-refractivity contribution is 5.74. The lowest BCUT2D eigenvalue weighted by Gasteiger charge is -2.25. The van der Waals surface area contributed by atoms with Gasteiger partial charge in [0.1, 0.15) is 5.82 Å². The van der Waals surface area contributed by atoms with Crippen molar-refractivity contribution in [2.24, 2.45) is 0 Å². The number of hydrogen-bond acceptors (Lipinski definition) is 2. The Kier molecular flexibility index (Phi) is 6.28. The van der Waals surface area contributed by atoms with Gasteiger partial charge in [-0.1, -0.05) is 30.3 Å². The number of carbonyl (C=O) groups excluding carboxylic acids is 1. The predicted molar refractivity (Wildman–Crippen MR) is 87.8 cm³/mol. The molecule has 2 aromatic rings. The third-order valence-corrected chi connectivity index (χ3v) is 3.90. The number of amides is 2. The van der Waals surface area contributed by atoms with Crippen molar-refractivity contribution in [1.82, 2.24) is 19.8 Å². The molecule has 0 spiro atoms. The molecule has 2 amide bonds. The molecular weight excluding hydrogens is 314 g/mol. The summed E-state index contributed by atoms with van der Waals surface area (Å²) >= 11 is 0. The van der Waals surface area contributed by atoms with E-state index < -0.39 is 12.6 Å². The van der Waals surface area contributed by atoms with Crippen LogP contribution in [0.4, 0.5) is 13.6 Å². The van der Waals surface area contributed by atoms with Gasteiger partial charge in [0.25, 0.3) is 0 Å². The first-order valence-electron chi connectivity index (χ1n) is 7.97. The maximum atomic E-state index is 13.0. The number of nitrogens with one attached hydrogen (secondary N) is 1. The van der Waals surface area contributed by atoms with Crippen LogP contribution in [0.3, 0.4) is 0 Å². The molecule has 1 atom stereocenters. The summed E-state index contributed by atoms with van der Waals surface area (Å²) in [6.07, 6.45) is 2.78. The molecule has 7 heteroatoms. The Morgan fingerprint density at radius 3 is 2.50 bits per heavy atom. The molecular formula is C17H22F2N4O. The molecule has 1 aromatic carbocycles. The highest BCUT2D eigenvalue weighted by atomic mass is 19.3. The second-order valence-electron chi connectivity index (χ2n) is 5.32. The molecule has 0 unspecified atom stereocenters. The monoisotopic (exact) mass is 336 g/mol. The molecule has 0 saturated carbocycles. The van der Waals surface area contributed by atoms with Gasteiger partial charge in [-0.25, -0.2) is 9.78 Å². The minimum atomic E-state index is -2.66. The standard InChI is InChI=1S/C17H22F2N4O/c1-3-22(4-2)17(24)21-14(13-8-6-5-7-9-13)12-15-20-10-11-23(15)16(18)19/h5-11,14,16H,3-4,12H2,1-2H3,(H,21,24)/t14-/m1/s1. The lowest BCUT2D eigenvalue weighted by atomic mass is 10.0. The minimum Gasteiger partial charge on any atom is -0.331 e. The van der Waals surface area contributed by atoms with Crippen molar-refractivity contribution in [2.75, 3.05) is 13.1 Å². The summed E-state index contributed by atoms with van der Waals surface area (Å²) in [6, 6.07) is 8.65. The number of carbonyl (C=O) groups is 1. The van der Waals surface area contributed by atoms with E-state index in [9.17, 15) is 13.6 Å². The molecule has 0 aliphatic heterocycles. The summed E-state index contributed by atoms with van der Waals surface area (Å²) in [7, 11) is 0. The first kappa shape index (κ1) is 17.9. The fourth-order valence-electron chi connectivity index (χ4n) is 2.55. The number of aromatic nitrogens is 2. The fourth-order valence-corrected chi connectivity index (χ4v) is 2.55. The van der Waals surface area contributed by atoms with Crippen LogP contribution >= 0.6 is 0 Å². The Balaban J connectivity index is 2.23. The second-order valence-corrected chi connectivity index (χ2v) is 5.32. The van der Waals surface area contributed by atoms with Crippen molar-refractivity contribution in [3.63, 3.8) is 0 Å². The van der Waals surface area contributed by atoms with Crippen molar-refractivity contribution >= 4 is 6.03 Å². The number of benzene rings is 1. The largest absolute Gasteiger partial charge is 0.331 e. The maximum absolute atomic E-state index is 13.0. The summed E-state index contributed by atoms with van der Waals surface area (Å²) in [5.74, 6) is 0.235. The average molecular weight is 336 g/mol. The number of hydrogen-bond donors (Lipinski definition) is 1. The van der Waals surface area contributed by atoms with Crippen molar-refractivity contribution < 1.29 is 13.6 Å². The number of alkyl halides is 2. The van der Waals surface area contributed by atoms with E-state index in [2.05, 4.69) is 10.3 Å². The zero-order chi connectivity index (χ0) is 17.5. The SMILES string of the molecule is CCN(CC)C(=O)N[C@H](Cc1nccn1C(F)F)c1ccccc1. The minimum absolute atomic E-state index is 0.189. The van der Waals surface area contributed by atoms with E-state index in [1.165, 1.54) is 12.4 Å². The first-order chi connectivity index (χ1) is 11.6. The second kappa shape index (κ2) is 8.42. The molecule has 1 heterocycles. The molecule has 0 aliphatic carbocycles. The van der Waals surface area contributed by atoms with Crippen LogP contribution < -0.4 is 5.32 Å². The van der Waals surface area contributed by atoms with Crippen molar-refractivity contribution in [3.8, 4) is 0 Å². The Morgan fingerprint density at radius 2 is 1.92 bits per heavy atom. The number of imidazole rings is 1. The molecule has 0 fully saturated rings. The summed E-state index contributed by atoms with van der Waals surface area (Å²) in [5, 5.41) is 2.93. The van der Waals surface area contributed by atoms with Crippen LogP contribution in [-0.2, 0) is 6.42 Å². The van der Waals surface area contributed by atoms with Gasteiger partial charge in [-0.15, -0.1) is 0 Å². The first-order valence-corrected chi connectivity index (χ1v) is 7.97. The highest BCUT2D eigenvalue weighted by Crippen LogP contribution is 2.21. The number of rotatable bonds is 7. The van der Waals surface area contributed by atoms with Crippen LogP contribution in [0.25, 0.3) is 0 Å². The molecule has 2 rings (SSSR count). The van der Waals surface area contributed by atoms with E-state index in [0.29, 0.717) is 13.1 Å². The molecule has 0 saturated heterocycles. The molecule has 0 radical (unpaired) electrons. The number of urea groups is 1. The van der Waals surface area contributed by atoms with Gasteiger partial charge in [-0.05, 0) is 19.4 Å². The Labute approximate surface area is 140 Å². The van der Waals surface area contributed by atoms with Gasteiger partial charge in [-0.2, -0.15) is 8.78 Å². The number of halogens is 2. The van der Waals surface area contributed by atoms with Crippen molar-refractivity contribution in [2.45, 2.75) is 32.9 Å². The Morgan fingerprint density at radius 1 is 1.25 bits per heavy atom. The van der Waals surface area contributed by atoms with Crippen molar-refractivity contribution in [3.05, 3.63) is 54.1 Å². The van der Waals surface area contributed by atoms with Gasteiger partial charge in [0.2, 0.25) is 0 Å². The fraction of sp³-hybridized carbons (Fsp3) is 0.412. The van der Waals surface area contributed by atoms with Gasteiger partial charge in [0.15, 0.2) is 0 Å². The van der Waals surface area contributed by atoms with Gasteiger partial charge < -0.3 is 10.2 Å². The van der Waals surface area contributed by atoms with Crippen LogP contribution in [0, 0.1) is 0 Å². The molecule has 1 aromatic heterocycles. The van der Waals surface area contributed by atoms with Gasteiger partial charge >= 0.3 is 12.6 Å². The smallest absolute Gasteiger partial charge is 0.319 e. The van der Waals surface area contributed by atoms with E-state index in [4.69, 9.17) is 0 Å². The van der Waals surface area contributed by atoms with Gasteiger partial charge in [0.05, 0.1) is 6.04 Å². The van der Waals surface area contributed by atoms with Crippen LogP contribution in [-0.4, -0.2) is 33.6 Å². The summed E-state index contributed by atoms with van der Waals surface area (Å²) in [6.45, 7) is 2.29. The molecule has 1 N–H and O–H groups in total. The quantitative estimate of drug-likeness (QED) is 0.840. The predicted octanol–water partition coefficient (Wildman–Crippen LogP) is 3.61. The molecule has 5 nitrogen and oxygen atoms in total. The Hall–Kier alpha value is -2.44. The third kappa shape index (κ3) is 4.31. The van der Waals surface area contributed by atoms with Gasteiger partial charge in [0, 0.05) is 31.9 Å². The van der Waals surface area contributed by atoms with Crippen LogP contribution in [0.15, 0.2) is 42.7 Å². The van der Waals surface area contributed by atoms with E-state index >= 15 is 0 Å².